The van der Waals surface area contributed by atoms with Crippen LogP contribution in [-0.2, 0) is 4.79 Å². The molecule has 0 unspecified atom stereocenters. The van der Waals surface area contributed by atoms with Crippen LogP contribution in [-0.4, -0.2) is 36.0 Å². The van der Waals surface area contributed by atoms with Crippen molar-refractivity contribution in [3.05, 3.63) is 78.8 Å². The van der Waals surface area contributed by atoms with Crippen molar-refractivity contribution in [2.45, 2.75) is 26.2 Å². The number of hydrogen-bond acceptors (Lipinski definition) is 5. The van der Waals surface area contributed by atoms with Crippen molar-refractivity contribution in [1.82, 2.24) is 30.1 Å². The van der Waals surface area contributed by atoms with Crippen molar-refractivity contribution in [2.75, 3.05) is 5.32 Å². The maximum absolute atomic E-state index is 16.1. The predicted octanol–water partition coefficient (Wildman–Crippen LogP) is 6.64. The summed E-state index contributed by atoms with van der Waals surface area (Å²) >= 11 is 0. The predicted molar refractivity (Wildman–Crippen MR) is 146 cm³/mol. The molecule has 0 spiro atoms. The number of aromatic amines is 2. The molecule has 0 aliphatic carbocycles. The third-order valence-electron chi connectivity index (χ3n) is 6.48. The summed E-state index contributed by atoms with van der Waals surface area (Å²) in [6, 6.07) is 12.9. The van der Waals surface area contributed by atoms with Crippen molar-refractivity contribution in [3.63, 3.8) is 0 Å². The number of pyridine rings is 2. The van der Waals surface area contributed by atoms with Gasteiger partial charge in [0.25, 0.3) is 0 Å². The lowest BCUT2D eigenvalue weighted by atomic mass is 10.0. The van der Waals surface area contributed by atoms with Crippen molar-refractivity contribution >= 4 is 33.5 Å². The van der Waals surface area contributed by atoms with Crippen LogP contribution in [0.25, 0.3) is 55.8 Å². The normalized spacial score (nSPS) is 11.4. The van der Waals surface area contributed by atoms with Crippen molar-refractivity contribution in [3.8, 4) is 33.9 Å². The van der Waals surface area contributed by atoms with Crippen LogP contribution >= 0.6 is 0 Å². The quantitative estimate of drug-likeness (QED) is 0.217. The van der Waals surface area contributed by atoms with Gasteiger partial charge in [0, 0.05) is 35.5 Å². The van der Waals surface area contributed by atoms with Crippen LogP contribution in [0.4, 0.5) is 14.5 Å². The van der Waals surface area contributed by atoms with E-state index in [0.29, 0.717) is 62.6 Å². The number of anilines is 1. The molecule has 1 amide bonds. The van der Waals surface area contributed by atoms with Crippen LogP contribution in [0.3, 0.4) is 0 Å². The Kier molecular flexibility index (Phi) is 6.28. The third-order valence-corrected chi connectivity index (χ3v) is 6.48. The van der Waals surface area contributed by atoms with Crippen molar-refractivity contribution < 1.29 is 13.6 Å². The van der Waals surface area contributed by atoms with Crippen molar-refractivity contribution in [1.29, 1.82) is 0 Å². The number of benzene rings is 2. The molecule has 0 bridgehead atoms. The number of carbonyl (C=O) groups is 1. The zero-order valence-electron chi connectivity index (χ0n) is 20.9. The standard InChI is InChI=1S/C29H23F2N7O/c1-2-3-7-23(39)34-19-13-17(14-32-15-19)20-8-9-21-24(25(20)31)28(38-37-21)29-35-22-10-11-33-26(27(22)36-29)16-5-4-6-18(30)12-16/h4-6,8-15H,2-3,7H2,1H3,(H,34,39)(H,35,36)(H,37,38). The number of rotatable bonds is 7. The number of imidazole rings is 1. The molecule has 8 nitrogen and oxygen atoms in total. The minimum Gasteiger partial charge on any atom is -0.336 e. The molecule has 10 heteroatoms. The molecule has 0 aliphatic rings. The first-order valence-electron chi connectivity index (χ1n) is 12.5. The SMILES string of the molecule is CCCCC(=O)Nc1cncc(-c2ccc3[nH]nc(-c4nc5c(-c6cccc(F)c6)nccc5[nH]4)c3c2F)c1. The Balaban J connectivity index is 1.41. The lowest BCUT2D eigenvalue weighted by Gasteiger charge is -2.08. The molecule has 6 rings (SSSR count). The lowest BCUT2D eigenvalue weighted by molar-refractivity contribution is -0.116. The molecule has 0 aliphatic heterocycles. The molecule has 4 aromatic heterocycles. The molecule has 2 aromatic carbocycles. The van der Waals surface area contributed by atoms with Crippen LogP contribution in [0.1, 0.15) is 26.2 Å². The van der Waals surface area contributed by atoms with E-state index in [0.717, 1.165) is 12.8 Å². The summed E-state index contributed by atoms with van der Waals surface area (Å²) in [7, 11) is 0. The fourth-order valence-corrected chi connectivity index (χ4v) is 4.58. The van der Waals surface area contributed by atoms with Gasteiger partial charge >= 0.3 is 0 Å². The average Bonchev–Trinajstić information content (AvgIpc) is 3.57. The van der Waals surface area contributed by atoms with E-state index in [2.05, 4.69) is 35.5 Å². The van der Waals surface area contributed by atoms with Crippen LogP contribution in [0.5, 0.6) is 0 Å². The topological polar surface area (TPSA) is 112 Å². The van der Waals surface area contributed by atoms with Crippen LogP contribution in [0.2, 0.25) is 0 Å². The summed E-state index contributed by atoms with van der Waals surface area (Å²) in [6.07, 6.45) is 6.79. The van der Waals surface area contributed by atoms with E-state index in [1.165, 1.54) is 18.3 Å². The molecule has 0 atom stereocenters. The second kappa shape index (κ2) is 10.1. The largest absolute Gasteiger partial charge is 0.336 e. The Hall–Kier alpha value is -4.99. The van der Waals surface area contributed by atoms with Crippen LogP contribution in [0, 0.1) is 11.6 Å². The molecular formula is C29H23F2N7O. The number of nitrogens with zero attached hydrogens (tertiary/aromatic N) is 4. The molecule has 3 N–H and O–H groups in total. The highest BCUT2D eigenvalue weighted by Crippen LogP contribution is 2.35. The Labute approximate surface area is 221 Å². The minimum atomic E-state index is -0.503. The number of halogens is 2. The highest BCUT2D eigenvalue weighted by molar-refractivity contribution is 5.98. The molecule has 0 fully saturated rings. The molecule has 0 saturated carbocycles. The van der Waals surface area contributed by atoms with E-state index in [4.69, 9.17) is 0 Å². The minimum absolute atomic E-state index is 0.110. The molecule has 4 heterocycles. The van der Waals surface area contributed by atoms with Crippen LogP contribution < -0.4 is 5.32 Å². The first kappa shape index (κ1) is 24.4. The van der Waals surface area contributed by atoms with Gasteiger partial charge in [-0.05, 0) is 42.8 Å². The molecule has 0 saturated heterocycles. The van der Waals surface area contributed by atoms with Gasteiger partial charge < -0.3 is 10.3 Å². The summed E-state index contributed by atoms with van der Waals surface area (Å²) in [5, 5.41) is 10.3. The fourth-order valence-electron chi connectivity index (χ4n) is 4.58. The van der Waals surface area contributed by atoms with Gasteiger partial charge in [0.1, 0.15) is 22.8 Å². The van der Waals surface area contributed by atoms with E-state index < -0.39 is 5.82 Å². The number of unbranched alkanes of at least 4 members (excludes halogenated alkanes) is 1. The zero-order chi connectivity index (χ0) is 26.9. The summed E-state index contributed by atoms with van der Waals surface area (Å²) in [5.74, 6) is -0.653. The number of fused-ring (bicyclic) bond motifs is 2. The Morgan fingerprint density at radius 1 is 1.00 bits per heavy atom. The van der Waals surface area contributed by atoms with Gasteiger partial charge in [0.2, 0.25) is 5.91 Å². The third kappa shape index (κ3) is 4.61. The van der Waals surface area contributed by atoms with E-state index in [1.54, 1.807) is 48.8 Å². The van der Waals surface area contributed by atoms with E-state index >= 15 is 4.39 Å². The van der Waals surface area contributed by atoms with Gasteiger partial charge in [-0.3, -0.25) is 19.9 Å². The summed E-state index contributed by atoms with van der Waals surface area (Å²) < 4.78 is 29.9. The van der Waals surface area contributed by atoms with E-state index in [9.17, 15) is 9.18 Å². The second-order valence-electron chi connectivity index (χ2n) is 9.19. The highest BCUT2D eigenvalue weighted by atomic mass is 19.1. The monoisotopic (exact) mass is 523 g/mol. The highest BCUT2D eigenvalue weighted by Gasteiger charge is 2.21. The smallest absolute Gasteiger partial charge is 0.224 e. The van der Waals surface area contributed by atoms with Gasteiger partial charge in [-0.25, -0.2) is 13.8 Å². The molecule has 194 valence electrons. The van der Waals surface area contributed by atoms with Crippen LogP contribution in [0.15, 0.2) is 67.1 Å². The van der Waals surface area contributed by atoms with Gasteiger partial charge in [0.15, 0.2) is 5.82 Å². The maximum Gasteiger partial charge on any atom is 0.224 e. The first-order valence-corrected chi connectivity index (χ1v) is 12.5. The fraction of sp³-hybridized carbons (Fsp3) is 0.138. The lowest BCUT2D eigenvalue weighted by Crippen LogP contribution is -2.11. The number of nitrogens with one attached hydrogen (secondary N) is 3. The molecule has 39 heavy (non-hydrogen) atoms. The number of amides is 1. The van der Waals surface area contributed by atoms with Gasteiger partial charge in [-0.1, -0.05) is 25.5 Å². The second-order valence-corrected chi connectivity index (χ2v) is 9.19. The number of aromatic nitrogens is 6. The first-order chi connectivity index (χ1) is 19.0. The van der Waals surface area contributed by atoms with Crippen molar-refractivity contribution in [2.24, 2.45) is 0 Å². The summed E-state index contributed by atoms with van der Waals surface area (Å²) in [5.41, 5.74) is 4.35. The molecule has 0 radical (unpaired) electrons. The Morgan fingerprint density at radius 2 is 1.90 bits per heavy atom. The Morgan fingerprint density at radius 3 is 2.74 bits per heavy atom. The molecular weight excluding hydrogens is 500 g/mol. The van der Waals surface area contributed by atoms with Gasteiger partial charge in [0.05, 0.1) is 34.0 Å². The number of carbonyl (C=O) groups excluding carboxylic acids is 1. The average molecular weight is 524 g/mol. The number of H-pyrrole nitrogens is 2. The maximum atomic E-state index is 16.1. The van der Waals surface area contributed by atoms with Gasteiger partial charge in [-0.2, -0.15) is 5.10 Å². The number of hydrogen-bond donors (Lipinski definition) is 3. The van der Waals surface area contributed by atoms with E-state index in [-0.39, 0.29) is 17.1 Å². The summed E-state index contributed by atoms with van der Waals surface area (Å²) in [4.78, 5) is 28.6. The summed E-state index contributed by atoms with van der Waals surface area (Å²) in [6.45, 7) is 2.02. The Bertz CT molecular complexity index is 1840. The molecule has 6 aromatic rings. The zero-order valence-corrected chi connectivity index (χ0v) is 20.9. The van der Waals surface area contributed by atoms with E-state index in [1.807, 2.05) is 6.92 Å². The van der Waals surface area contributed by atoms with Gasteiger partial charge in [-0.15, -0.1) is 0 Å².